The fourth-order valence-electron chi connectivity index (χ4n) is 2.07. The second kappa shape index (κ2) is 5.61. The van der Waals surface area contributed by atoms with Crippen molar-refractivity contribution >= 4 is 5.97 Å². The summed E-state index contributed by atoms with van der Waals surface area (Å²) in [7, 11) is 3.91. The van der Waals surface area contributed by atoms with Crippen LogP contribution in [0.25, 0.3) is 0 Å². The van der Waals surface area contributed by atoms with E-state index in [2.05, 4.69) is 4.98 Å². The van der Waals surface area contributed by atoms with E-state index in [0.29, 0.717) is 0 Å². The van der Waals surface area contributed by atoms with Crippen molar-refractivity contribution in [1.82, 2.24) is 9.88 Å². The van der Waals surface area contributed by atoms with Gasteiger partial charge in [-0.15, -0.1) is 0 Å². The first-order chi connectivity index (χ1) is 7.52. The Morgan fingerprint density at radius 1 is 1.56 bits per heavy atom. The predicted octanol–water partition coefficient (Wildman–Crippen LogP) is 1.80. The molecule has 1 N–H and O–H groups in total. The summed E-state index contributed by atoms with van der Waals surface area (Å²) in [5, 5.41) is 8.83. The Morgan fingerprint density at radius 3 is 2.69 bits per heavy atom. The van der Waals surface area contributed by atoms with E-state index in [4.69, 9.17) is 5.11 Å². The third-order valence-electron chi connectivity index (χ3n) is 2.62. The van der Waals surface area contributed by atoms with Gasteiger partial charge in [0.05, 0.1) is 0 Å². The van der Waals surface area contributed by atoms with Gasteiger partial charge in [-0.05, 0) is 31.6 Å². The summed E-state index contributed by atoms with van der Waals surface area (Å²) in [4.78, 5) is 16.8. The largest absolute Gasteiger partial charge is 0.481 e. The number of pyridine rings is 1. The van der Waals surface area contributed by atoms with Crippen LogP contribution in [0, 0.1) is 5.92 Å². The van der Waals surface area contributed by atoms with Gasteiger partial charge in [0.15, 0.2) is 0 Å². The zero-order valence-electron chi connectivity index (χ0n) is 9.92. The molecule has 0 amide bonds. The molecule has 2 atom stereocenters. The van der Waals surface area contributed by atoms with E-state index >= 15 is 0 Å². The highest BCUT2D eigenvalue weighted by molar-refractivity contribution is 5.67. The van der Waals surface area contributed by atoms with Crippen molar-refractivity contribution in [3.05, 3.63) is 30.1 Å². The van der Waals surface area contributed by atoms with Crippen LogP contribution < -0.4 is 0 Å². The monoisotopic (exact) mass is 222 g/mol. The average Bonchev–Trinajstić information content (AvgIpc) is 2.17. The molecular weight excluding hydrogens is 204 g/mol. The normalized spacial score (nSPS) is 14.8. The number of rotatable bonds is 5. The zero-order chi connectivity index (χ0) is 12.1. The lowest BCUT2D eigenvalue weighted by atomic mass is 9.92. The van der Waals surface area contributed by atoms with Gasteiger partial charge in [-0.25, -0.2) is 0 Å². The van der Waals surface area contributed by atoms with Crippen molar-refractivity contribution in [3.63, 3.8) is 0 Å². The molecule has 2 unspecified atom stereocenters. The van der Waals surface area contributed by atoms with Gasteiger partial charge in [0, 0.05) is 24.9 Å². The van der Waals surface area contributed by atoms with Gasteiger partial charge in [-0.3, -0.25) is 9.78 Å². The lowest BCUT2D eigenvalue weighted by Gasteiger charge is -2.29. The Balaban J connectivity index is 2.87. The molecule has 16 heavy (non-hydrogen) atoms. The first kappa shape index (κ1) is 12.6. The molecule has 0 aromatic carbocycles. The number of nitrogens with zero attached hydrogens (tertiary/aromatic N) is 2. The third kappa shape index (κ3) is 3.31. The molecule has 1 heterocycles. The molecule has 1 rings (SSSR count). The first-order valence-corrected chi connectivity index (χ1v) is 5.30. The van der Waals surface area contributed by atoms with E-state index in [9.17, 15) is 4.79 Å². The van der Waals surface area contributed by atoms with Crippen LogP contribution in [0.1, 0.15) is 24.9 Å². The van der Waals surface area contributed by atoms with Crippen LogP contribution in [0.15, 0.2) is 24.5 Å². The lowest BCUT2D eigenvalue weighted by Crippen LogP contribution is -2.27. The van der Waals surface area contributed by atoms with E-state index < -0.39 is 5.97 Å². The van der Waals surface area contributed by atoms with Gasteiger partial charge in [-0.1, -0.05) is 13.0 Å². The standard InChI is InChI=1S/C12H18N2O2/c1-9(7-11(15)16)12(14(2)3)10-5-4-6-13-8-10/h4-6,8-9,12H,7H2,1-3H3,(H,15,16). The van der Waals surface area contributed by atoms with Crippen LogP contribution in [-0.2, 0) is 4.79 Å². The average molecular weight is 222 g/mol. The summed E-state index contributed by atoms with van der Waals surface area (Å²) in [5.41, 5.74) is 1.06. The Labute approximate surface area is 95.9 Å². The van der Waals surface area contributed by atoms with E-state index in [1.54, 1.807) is 12.4 Å². The molecule has 1 aromatic heterocycles. The van der Waals surface area contributed by atoms with Gasteiger partial charge in [-0.2, -0.15) is 0 Å². The second-order valence-corrected chi connectivity index (χ2v) is 4.27. The van der Waals surface area contributed by atoms with Crippen molar-refractivity contribution in [2.75, 3.05) is 14.1 Å². The van der Waals surface area contributed by atoms with Gasteiger partial charge < -0.3 is 10.0 Å². The van der Waals surface area contributed by atoms with E-state index in [1.807, 2.05) is 38.1 Å². The highest BCUT2D eigenvalue weighted by Crippen LogP contribution is 2.28. The lowest BCUT2D eigenvalue weighted by molar-refractivity contribution is -0.138. The Hall–Kier alpha value is -1.42. The van der Waals surface area contributed by atoms with Crippen LogP contribution >= 0.6 is 0 Å². The molecule has 0 radical (unpaired) electrons. The number of hydrogen-bond donors (Lipinski definition) is 1. The zero-order valence-corrected chi connectivity index (χ0v) is 9.92. The quantitative estimate of drug-likeness (QED) is 0.825. The highest BCUT2D eigenvalue weighted by atomic mass is 16.4. The molecule has 88 valence electrons. The van der Waals surface area contributed by atoms with Gasteiger partial charge in [0.1, 0.15) is 0 Å². The molecule has 0 aliphatic rings. The van der Waals surface area contributed by atoms with Crippen molar-refractivity contribution in [2.45, 2.75) is 19.4 Å². The van der Waals surface area contributed by atoms with Crippen LogP contribution in [0.4, 0.5) is 0 Å². The van der Waals surface area contributed by atoms with Crippen molar-refractivity contribution < 1.29 is 9.90 Å². The summed E-state index contributed by atoms with van der Waals surface area (Å²) in [6.07, 6.45) is 3.68. The minimum absolute atomic E-state index is 0.0525. The first-order valence-electron chi connectivity index (χ1n) is 5.30. The smallest absolute Gasteiger partial charge is 0.303 e. The van der Waals surface area contributed by atoms with Crippen molar-refractivity contribution in [3.8, 4) is 0 Å². The van der Waals surface area contributed by atoms with Crippen molar-refractivity contribution in [2.24, 2.45) is 5.92 Å². The van der Waals surface area contributed by atoms with Gasteiger partial charge >= 0.3 is 5.97 Å². The fraction of sp³-hybridized carbons (Fsp3) is 0.500. The number of carboxylic acid groups (broad SMARTS) is 1. The summed E-state index contributed by atoms with van der Waals surface area (Å²) in [6.45, 7) is 1.95. The van der Waals surface area contributed by atoms with Crippen molar-refractivity contribution in [1.29, 1.82) is 0 Å². The highest BCUT2D eigenvalue weighted by Gasteiger charge is 2.23. The van der Waals surface area contributed by atoms with E-state index in [0.717, 1.165) is 5.56 Å². The number of aromatic nitrogens is 1. The maximum absolute atomic E-state index is 10.7. The topological polar surface area (TPSA) is 53.4 Å². The van der Waals surface area contributed by atoms with Crippen LogP contribution in [0.5, 0.6) is 0 Å². The maximum atomic E-state index is 10.7. The molecule has 0 aliphatic heterocycles. The summed E-state index contributed by atoms with van der Waals surface area (Å²) < 4.78 is 0. The molecule has 4 nitrogen and oxygen atoms in total. The number of carbonyl (C=O) groups is 1. The molecule has 0 aliphatic carbocycles. The van der Waals surface area contributed by atoms with Crippen LogP contribution in [-0.4, -0.2) is 35.1 Å². The predicted molar refractivity (Wildman–Crippen MR) is 62.1 cm³/mol. The Kier molecular flexibility index (Phi) is 4.43. The van der Waals surface area contributed by atoms with Gasteiger partial charge in [0.2, 0.25) is 0 Å². The SMILES string of the molecule is CC(CC(=O)O)C(c1cccnc1)N(C)C. The van der Waals surface area contributed by atoms with Gasteiger partial charge in [0.25, 0.3) is 0 Å². The minimum atomic E-state index is -0.761. The molecular formula is C12H18N2O2. The maximum Gasteiger partial charge on any atom is 0.303 e. The molecule has 0 saturated heterocycles. The molecule has 0 saturated carbocycles. The summed E-state index contributed by atoms with van der Waals surface area (Å²) in [5.74, 6) is -0.708. The van der Waals surface area contributed by atoms with Crippen LogP contribution in [0.2, 0.25) is 0 Å². The third-order valence-corrected chi connectivity index (χ3v) is 2.62. The summed E-state index contributed by atoms with van der Waals surface area (Å²) in [6, 6.07) is 3.94. The number of hydrogen-bond acceptors (Lipinski definition) is 3. The molecule has 4 heteroatoms. The van der Waals surface area contributed by atoms with Crippen LogP contribution in [0.3, 0.4) is 0 Å². The fourth-order valence-corrected chi connectivity index (χ4v) is 2.07. The number of aliphatic carboxylic acids is 1. The molecule has 0 bridgehead atoms. The summed E-state index contributed by atoms with van der Waals surface area (Å²) >= 11 is 0. The molecule has 1 aromatic rings. The number of carboxylic acids is 1. The minimum Gasteiger partial charge on any atom is -0.481 e. The molecule has 0 spiro atoms. The second-order valence-electron chi connectivity index (χ2n) is 4.27. The Morgan fingerprint density at radius 2 is 2.25 bits per heavy atom. The van der Waals surface area contributed by atoms with E-state index in [-0.39, 0.29) is 18.4 Å². The molecule has 0 fully saturated rings. The van der Waals surface area contributed by atoms with E-state index in [1.165, 1.54) is 0 Å². The Bertz CT molecular complexity index is 338.